The molecule has 1 aromatic rings. The minimum atomic E-state index is -4.14. The van der Waals surface area contributed by atoms with Crippen molar-refractivity contribution in [3.8, 4) is 0 Å². The third-order valence-corrected chi connectivity index (χ3v) is 4.88. The average molecular weight is 417 g/mol. The first-order chi connectivity index (χ1) is 13.5. The van der Waals surface area contributed by atoms with Crippen LogP contribution in [-0.4, -0.2) is 24.4 Å². The van der Waals surface area contributed by atoms with E-state index in [1.807, 2.05) is 39.0 Å². The SMILES string of the molecule is CC.CCOCc1cccc(C2CCC(C(F)(F)F)CC2)c1C(=O)OC(C)(C)C. The van der Waals surface area contributed by atoms with Gasteiger partial charge in [-0.1, -0.05) is 32.0 Å². The first-order valence-electron chi connectivity index (χ1n) is 10.5. The number of carbonyl (C=O) groups is 1. The fourth-order valence-electron chi connectivity index (χ4n) is 3.60. The number of carbonyl (C=O) groups excluding carboxylic acids is 1. The van der Waals surface area contributed by atoms with Crippen molar-refractivity contribution in [1.82, 2.24) is 0 Å². The number of hydrogen-bond acceptors (Lipinski definition) is 3. The molecular formula is C23H35F3O3. The Hall–Kier alpha value is -1.56. The minimum absolute atomic E-state index is 0.0762. The van der Waals surface area contributed by atoms with E-state index in [-0.39, 0.29) is 25.4 Å². The Labute approximate surface area is 173 Å². The lowest BCUT2D eigenvalue weighted by Gasteiger charge is -2.31. The zero-order valence-electron chi connectivity index (χ0n) is 18.5. The van der Waals surface area contributed by atoms with Gasteiger partial charge >= 0.3 is 12.1 Å². The van der Waals surface area contributed by atoms with E-state index >= 15 is 0 Å². The van der Waals surface area contributed by atoms with Gasteiger partial charge in [-0.2, -0.15) is 13.2 Å². The van der Waals surface area contributed by atoms with Crippen LogP contribution in [0.2, 0.25) is 0 Å². The molecule has 0 heterocycles. The van der Waals surface area contributed by atoms with Crippen molar-refractivity contribution in [2.45, 2.75) is 91.5 Å². The van der Waals surface area contributed by atoms with Crippen molar-refractivity contribution < 1.29 is 27.4 Å². The number of hydrogen-bond donors (Lipinski definition) is 0. The van der Waals surface area contributed by atoms with Crippen molar-refractivity contribution >= 4 is 5.97 Å². The molecule has 0 saturated heterocycles. The molecule has 0 spiro atoms. The summed E-state index contributed by atoms with van der Waals surface area (Å²) in [6.07, 6.45) is -3.12. The van der Waals surface area contributed by atoms with Crippen molar-refractivity contribution in [1.29, 1.82) is 0 Å². The topological polar surface area (TPSA) is 35.5 Å². The Balaban J connectivity index is 0.00000204. The van der Waals surface area contributed by atoms with Gasteiger partial charge in [0.2, 0.25) is 0 Å². The van der Waals surface area contributed by atoms with E-state index in [2.05, 4.69) is 0 Å². The molecule has 0 atom stereocenters. The lowest BCUT2D eigenvalue weighted by Crippen LogP contribution is -2.29. The van der Waals surface area contributed by atoms with Gasteiger partial charge in [0, 0.05) is 6.61 Å². The van der Waals surface area contributed by atoms with E-state index in [0.29, 0.717) is 25.0 Å². The summed E-state index contributed by atoms with van der Waals surface area (Å²) in [6, 6.07) is 5.50. The number of rotatable bonds is 5. The Morgan fingerprint density at radius 2 is 1.66 bits per heavy atom. The number of benzene rings is 1. The maximum Gasteiger partial charge on any atom is 0.391 e. The van der Waals surface area contributed by atoms with Crippen LogP contribution in [0.25, 0.3) is 0 Å². The highest BCUT2D eigenvalue weighted by atomic mass is 19.4. The normalized spacial score (nSPS) is 19.9. The number of halogens is 3. The summed E-state index contributed by atoms with van der Waals surface area (Å²) in [6.45, 7) is 12.0. The van der Waals surface area contributed by atoms with Crippen LogP contribution < -0.4 is 0 Å². The van der Waals surface area contributed by atoms with Crippen LogP contribution in [0.4, 0.5) is 13.2 Å². The van der Waals surface area contributed by atoms with Gasteiger partial charge in [-0.3, -0.25) is 0 Å². The molecule has 1 fully saturated rings. The molecule has 0 N–H and O–H groups in total. The number of alkyl halides is 3. The van der Waals surface area contributed by atoms with Crippen LogP contribution in [0, 0.1) is 5.92 Å². The minimum Gasteiger partial charge on any atom is -0.456 e. The summed E-state index contributed by atoms with van der Waals surface area (Å²) < 4.78 is 50.0. The van der Waals surface area contributed by atoms with E-state index in [4.69, 9.17) is 9.47 Å². The predicted molar refractivity (Wildman–Crippen MR) is 109 cm³/mol. The van der Waals surface area contributed by atoms with Gasteiger partial charge in [0.1, 0.15) is 5.60 Å². The second-order valence-electron chi connectivity index (χ2n) is 8.11. The summed E-state index contributed by atoms with van der Waals surface area (Å²) in [5.41, 5.74) is 1.31. The van der Waals surface area contributed by atoms with Gasteiger partial charge in [0.25, 0.3) is 0 Å². The molecule has 0 aromatic heterocycles. The summed E-state index contributed by atoms with van der Waals surface area (Å²) >= 11 is 0. The molecule has 29 heavy (non-hydrogen) atoms. The third kappa shape index (κ3) is 7.65. The standard InChI is InChI=1S/C21H29F3O3.C2H6/c1-5-26-13-15-7-6-8-17(18(15)19(25)27-20(2,3)4)14-9-11-16(12-10-14)21(22,23)24;1-2/h6-8,14,16H,5,9-13H2,1-4H3;1-2H3. The van der Waals surface area contributed by atoms with E-state index in [9.17, 15) is 18.0 Å². The molecule has 0 bridgehead atoms. The Kier molecular flexibility index (Phi) is 9.66. The van der Waals surface area contributed by atoms with Crippen molar-refractivity contribution in [3.63, 3.8) is 0 Å². The average Bonchev–Trinajstić information content (AvgIpc) is 2.65. The van der Waals surface area contributed by atoms with E-state index in [1.54, 1.807) is 20.8 Å². The lowest BCUT2D eigenvalue weighted by atomic mass is 9.76. The second kappa shape index (κ2) is 11.0. The zero-order chi connectivity index (χ0) is 22.2. The maximum atomic E-state index is 13.0. The molecule has 0 amide bonds. The second-order valence-corrected chi connectivity index (χ2v) is 8.11. The van der Waals surface area contributed by atoms with Gasteiger partial charge < -0.3 is 9.47 Å². The summed E-state index contributed by atoms with van der Waals surface area (Å²) in [5, 5.41) is 0. The summed E-state index contributed by atoms with van der Waals surface area (Å²) in [5.74, 6) is -1.76. The summed E-state index contributed by atoms with van der Waals surface area (Å²) in [4.78, 5) is 12.9. The van der Waals surface area contributed by atoms with Crippen molar-refractivity contribution in [2.75, 3.05) is 6.61 Å². The summed E-state index contributed by atoms with van der Waals surface area (Å²) in [7, 11) is 0. The molecule has 6 heteroatoms. The van der Waals surface area contributed by atoms with Crippen LogP contribution in [0.15, 0.2) is 18.2 Å². The predicted octanol–water partition coefficient (Wildman–Crippen LogP) is 7.04. The van der Waals surface area contributed by atoms with Crippen molar-refractivity contribution in [2.24, 2.45) is 5.92 Å². The van der Waals surface area contributed by atoms with E-state index < -0.39 is 23.7 Å². The van der Waals surface area contributed by atoms with E-state index in [1.165, 1.54) is 0 Å². The molecular weight excluding hydrogens is 381 g/mol. The van der Waals surface area contributed by atoms with Crippen LogP contribution >= 0.6 is 0 Å². The van der Waals surface area contributed by atoms with Gasteiger partial charge in [-0.15, -0.1) is 0 Å². The largest absolute Gasteiger partial charge is 0.456 e. The number of esters is 1. The highest BCUT2D eigenvalue weighted by Crippen LogP contribution is 2.44. The molecule has 1 aromatic carbocycles. The highest BCUT2D eigenvalue weighted by Gasteiger charge is 2.42. The fourth-order valence-corrected chi connectivity index (χ4v) is 3.60. The van der Waals surface area contributed by atoms with Crippen LogP contribution in [0.1, 0.15) is 94.6 Å². The monoisotopic (exact) mass is 416 g/mol. The van der Waals surface area contributed by atoms with Gasteiger partial charge in [0.05, 0.1) is 18.1 Å². The first kappa shape index (κ1) is 25.5. The molecule has 1 aliphatic rings. The quantitative estimate of drug-likeness (QED) is 0.483. The fraction of sp³-hybridized carbons (Fsp3) is 0.696. The third-order valence-electron chi connectivity index (χ3n) is 4.88. The van der Waals surface area contributed by atoms with Gasteiger partial charge in [-0.05, 0) is 70.4 Å². The molecule has 0 unspecified atom stereocenters. The van der Waals surface area contributed by atoms with E-state index in [0.717, 1.165) is 11.1 Å². The van der Waals surface area contributed by atoms with Gasteiger partial charge in [-0.25, -0.2) is 4.79 Å². The molecule has 2 rings (SSSR count). The molecule has 0 aliphatic heterocycles. The Morgan fingerprint density at radius 3 is 2.14 bits per heavy atom. The molecule has 1 aliphatic carbocycles. The molecule has 0 radical (unpaired) electrons. The van der Waals surface area contributed by atoms with Crippen LogP contribution in [0.5, 0.6) is 0 Å². The van der Waals surface area contributed by atoms with Gasteiger partial charge in [0.15, 0.2) is 0 Å². The molecule has 1 saturated carbocycles. The lowest BCUT2D eigenvalue weighted by molar-refractivity contribution is -0.182. The smallest absolute Gasteiger partial charge is 0.391 e. The molecule has 166 valence electrons. The Morgan fingerprint density at radius 1 is 1.07 bits per heavy atom. The zero-order valence-corrected chi connectivity index (χ0v) is 18.5. The maximum absolute atomic E-state index is 13.0. The van der Waals surface area contributed by atoms with Crippen LogP contribution in [-0.2, 0) is 16.1 Å². The molecule has 3 nitrogen and oxygen atoms in total. The number of ether oxygens (including phenoxy) is 2. The van der Waals surface area contributed by atoms with Crippen LogP contribution in [0.3, 0.4) is 0 Å². The Bertz CT molecular complexity index is 640. The highest BCUT2D eigenvalue weighted by molar-refractivity contribution is 5.93. The first-order valence-corrected chi connectivity index (χ1v) is 10.5. The van der Waals surface area contributed by atoms with Crippen molar-refractivity contribution in [3.05, 3.63) is 34.9 Å².